The van der Waals surface area contributed by atoms with Crippen LogP contribution in [-0.2, 0) is 98.5 Å². The zero-order valence-electron chi connectivity index (χ0n) is 53.6. The van der Waals surface area contributed by atoms with Crippen LogP contribution in [0.5, 0.6) is 0 Å². The number of aromatic nitrogens is 2. The van der Waals surface area contributed by atoms with Crippen molar-refractivity contribution < 1.29 is 96.8 Å². The summed E-state index contributed by atoms with van der Waals surface area (Å²) < 4.78 is 39.4. The molecule has 4 aromatic rings. The lowest BCUT2D eigenvalue weighted by molar-refractivity contribution is -0.276. The number of primary amides is 1. The minimum Gasteiger partial charge on any atom is -0.458 e. The van der Waals surface area contributed by atoms with Crippen LogP contribution in [0.2, 0.25) is 0 Å². The Labute approximate surface area is 558 Å². The molecule has 4 aliphatic carbocycles. The number of amides is 9. The van der Waals surface area contributed by atoms with Gasteiger partial charge in [0.05, 0.1) is 96.8 Å². The van der Waals surface area contributed by atoms with Crippen molar-refractivity contribution in [3.63, 3.8) is 0 Å². The molecular weight excluding hydrogens is 1290 g/mol. The van der Waals surface area contributed by atoms with Gasteiger partial charge in [0.15, 0.2) is 5.60 Å². The third kappa shape index (κ3) is 14.2. The predicted molar refractivity (Wildman–Crippen MR) is 336 cm³/mol. The van der Waals surface area contributed by atoms with Gasteiger partial charge in [-0.2, -0.15) is 0 Å². The highest BCUT2D eigenvalue weighted by atomic mass is 19.1. The number of ether oxygens (including phenoxy) is 4. The van der Waals surface area contributed by atoms with Gasteiger partial charge in [-0.3, -0.25) is 47.9 Å². The van der Waals surface area contributed by atoms with Gasteiger partial charge in [0.25, 0.3) is 5.56 Å². The Balaban J connectivity index is 0.586. The zero-order valence-corrected chi connectivity index (χ0v) is 53.6. The number of halogens is 1. The number of aryl methyl sites for hydroxylation is 1. The molecule has 2 bridgehead atoms. The lowest BCUT2D eigenvalue weighted by Crippen LogP contribution is -2.73. The summed E-state index contributed by atoms with van der Waals surface area (Å²) in [5.41, 5.74) is 11.8. The summed E-state index contributed by atoms with van der Waals surface area (Å²) in [6, 6.07) is 8.56. The summed E-state index contributed by atoms with van der Waals surface area (Å²) in [5, 5.41) is 74.1. The molecule has 2 aromatic heterocycles. The number of nitrogens with one attached hydrogen (secondary N) is 8. The van der Waals surface area contributed by atoms with Crippen LogP contribution in [0.15, 0.2) is 47.3 Å². The van der Waals surface area contributed by atoms with E-state index in [-0.39, 0.29) is 82.1 Å². The van der Waals surface area contributed by atoms with Crippen molar-refractivity contribution in [2.24, 2.45) is 16.9 Å². The van der Waals surface area contributed by atoms with Crippen LogP contribution >= 0.6 is 0 Å². The van der Waals surface area contributed by atoms with E-state index < -0.39 is 174 Å². The Morgan fingerprint density at radius 2 is 1.39 bits per heavy atom. The molecule has 98 heavy (non-hydrogen) atoms. The second-order valence-corrected chi connectivity index (χ2v) is 26.3. The molecule has 9 amide bonds. The highest BCUT2D eigenvalue weighted by Gasteiger charge is 2.73. The van der Waals surface area contributed by atoms with Crippen molar-refractivity contribution in [1.82, 2.24) is 52.1 Å². The van der Waals surface area contributed by atoms with Crippen LogP contribution in [0.1, 0.15) is 110 Å². The van der Waals surface area contributed by atoms with Gasteiger partial charge in [0, 0.05) is 48.5 Å². The molecule has 526 valence electrons. The molecule has 12 rings (SSSR count). The molecule has 4 aliphatic heterocycles. The smallest absolute Gasteiger partial charge is 0.343 e. The summed E-state index contributed by atoms with van der Waals surface area (Å²) in [5.74, 6) is -7.32. The first-order valence-corrected chi connectivity index (χ1v) is 32.4. The molecule has 8 aliphatic rings. The molecule has 12 atom stereocenters. The van der Waals surface area contributed by atoms with E-state index in [9.17, 15) is 78.3 Å². The van der Waals surface area contributed by atoms with Crippen molar-refractivity contribution in [2.75, 3.05) is 39.5 Å². The van der Waals surface area contributed by atoms with E-state index in [4.69, 9.17) is 35.4 Å². The van der Waals surface area contributed by atoms with Gasteiger partial charge in [0.1, 0.15) is 61.8 Å². The number of carbonyl (C=O) groups is 10. The molecule has 0 spiro atoms. The van der Waals surface area contributed by atoms with E-state index in [1.807, 2.05) is 0 Å². The third-order valence-corrected chi connectivity index (χ3v) is 19.8. The van der Waals surface area contributed by atoms with Crippen molar-refractivity contribution in [1.29, 1.82) is 0 Å². The lowest BCUT2D eigenvalue weighted by Gasteiger charge is -2.68. The van der Waals surface area contributed by atoms with Gasteiger partial charge in [0.2, 0.25) is 53.2 Å². The van der Waals surface area contributed by atoms with Crippen LogP contribution in [0.3, 0.4) is 0 Å². The number of rotatable bonds is 28. The highest BCUT2D eigenvalue weighted by molar-refractivity contribution is 5.96. The van der Waals surface area contributed by atoms with Crippen LogP contribution in [0.25, 0.3) is 22.3 Å². The van der Waals surface area contributed by atoms with Crippen molar-refractivity contribution >= 4 is 70.0 Å². The summed E-state index contributed by atoms with van der Waals surface area (Å²) in [7, 11) is 0. The minimum atomic E-state index is -2.05. The van der Waals surface area contributed by atoms with Crippen LogP contribution in [0.4, 0.5) is 4.39 Å². The molecule has 17 N–H and O–H groups in total. The number of carbonyl (C=O) groups excluding carboxylic acids is 10. The molecule has 0 unspecified atom stereocenters. The van der Waals surface area contributed by atoms with Crippen molar-refractivity contribution in [3.8, 4) is 11.4 Å². The van der Waals surface area contributed by atoms with Crippen LogP contribution in [0, 0.1) is 18.2 Å². The Bertz CT molecular complexity index is 3930. The van der Waals surface area contributed by atoms with E-state index in [2.05, 4.69) is 42.5 Å². The third-order valence-electron chi connectivity index (χ3n) is 19.8. The topological polar surface area (TPSA) is 492 Å². The Morgan fingerprint density at radius 3 is 2.05 bits per heavy atom. The number of benzene rings is 2. The van der Waals surface area contributed by atoms with Gasteiger partial charge < -0.3 is 103 Å². The summed E-state index contributed by atoms with van der Waals surface area (Å²) in [6.07, 6.45) is -9.71. The van der Waals surface area contributed by atoms with Crippen molar-refractivity contribution in [3.05, 3.63) is 97.6 Å². The van der Waals surface area contributed by atoms with Gasteiger partial charge in [-0.1, -0.05) is 37.3 Å². The SMILES string of the molecule is CC[C@@]1(O)C(=O)OCc2c1cc1n(c2=O)Cc2c-1nc1cc(F)c(C)c3c1c2[C@@H](NC(=O)C12CC(OCNC(=O)CNC(=O)[C@H](Cc4ccccc4)NC(=O)CNC(=O)CNC(=O)[C@@H](N)CCC(=O)NC[C@H]4O[C@@H](CC(=O)NC[C@H]5O[C@@H](CC(N)=O)[C@H](O)[C@@H]5O)[C@H](O)[C@@H]4O)(C1)C2)CC3. The number of cyclic esters (lactones) is 1. The highest BCUT2D eigenvalue weighted by Crippen LogP contribution is 2.69. The van der Waals surface area contributed by atoms with E-state index in [1.54, 1.807) is 50.2 Å². The maximum atomic E-state index is 15.5. The molecule has 2 aromatic carbocycles. The number of pyridine rings is 2. The fourth-order valence-electron chi connectivity index (χ4n) is 14.3. The van der Waals surface area contributed by atoms with Gasteiger partial charge in [-0.15, -0.1) is 0 Å². The van der Waals surface area contributed by atoms with E-state index in [0.29, 0.717) is 71.1 Å². The second kappa shape index (κ2) is 28.5. The number of hydrogen-bond acceptors (Lipinski definition) is 22. The van der Waals surface area contributed by atoms with Gasteiger partial charge in [-0.05, 0) is 80.2 Å². The monoisotopic (exact) mass is 1370 g/mol. The Hall–Kier alpha value is -8.93. The first-order valence-electron chi connectivity index (χ1n) is 32.4. The number of nitrogens with two attached hydrogens (primary N) is 2. The molecular formula is C65H79FN12O20. The first-order chi connectivity index (χ1) is 46.6. The second-order valence-electron chi connectivity index (χ2n) is 26.3. The average molecular weight is 1370 g/mol. The molecule has 0 radical (unpaired) electrons. The van der Waals surface area contributed by atoms with E-state index in [0.717, 1.165) is 11.1 Å². The van der Waals surface area contributed by atoms with Gasteiger partial charge in [-0.25, -0.2) is 14.2 Å². The normalized spacial score (nSPS) is 27.3. The largest absolute Gasteiger partial charge is 0.458 e. The molecule has 33 heteroatoms. The number of aliphatic hydroxyl groups is 5. The number of hydrogen-bond donors (Lipinski definition) is 15. The van der Waals surface area contributed by atoms with E-state index >= 15 is 4.39 Å². The fourth-order valence-corrected chi connectivity index (χ4v) is 14.3. The molecule has 3 saturated carbocycles. The quantitative estimate of drug-likeness (QED) is 0.0165. The predicted octanol–water partition coefficient (Wildman–Crippen LogP) is -4.70. The molecule has 32 nitrogen and oxygen atoms in total. The first kappa shape index (κ1) is 70.4. The Morgan fingerprint density at radius 1 is 0.765 bits per heavy atom. The van der Waals surface area contributed by atoms with Crippen LogP contribution < -0.4 is 59.6 Å². The molecule has 5 fully saturated rings. The summed E-state index contributed by atoms with van der Waals surface area (Å²) >= 11 is 0. The fraction of sp³-hybridized carbons (Fsp3) is 0.538. The lowest BCUT2D eigenvalue weighted by atomic mass is 9.40. The molecule has 6 heterocycles. The number of esters is 1. The zero-order chi connectivity index (χ0) is 70.3. The van der Waals surface area contributed by atoms with Crippen molar-refractivity contribution in [2.45, 2.75) is 176 Å². The number of nitrogens with zero attached hydrogens (tertiary/aromatic N) is 2. The number of fused-ring (bicyclic) bond motifs is 5. The average Bonchev–Trinajstić information content (AvgIpc) is 0.798. The van der Waals surface area contributed by atoms with Crippen LogP contribution in [-0.4, -0.2) is 200 Å². The maximum absolute atomic E-state index is 15.5. The van der Waals surface area contributed by atoms with Gasteiger partial charge >= 0.3 is 5.97 Å². The summed E-state index contributed by atoms with van der Waals surface area (Å²) in [6.45, 7) is 0.507. The van der Waals surface area contributed by atoms with E-state index in [1.165, 1.54) is 10.6 Å². The number of aliphatic hydroxyl groups excluding tert-OH is 4. The Kier molecular flexibility index (Phi) is 20.5. The molecule has 2 saturated heterocycles. The standard InChI is InChI=1S/C65H79FN12O20/c1-3-65(94)34-14-40-53-32(23-78(40)60(91)33(34)24-95-62(65)93)52-37(11-9-31-29(2)35(66)15-38(76-53)51(31)52)77-61(92)63-25-64(26-63,27-63)96-28-74-49(83)21-73-59(90)39(13-30-7-5-4-6-8-30)75-50(84)22-71-48(82)20-72-58(89)36(67)10-12-46(80)69-18-43-57(88)55(86)42(98-43)17-47(81)70-19-44-56(87)54(85)41(97-44)16-45(68)79/h4-8,14-15,36-37,39,41-44,54-57,85-88,94H,3,9-13,16-28,67H2,1-2H3,(H2,68,79)(H,69,80)(H,70,81)(H,71,82)(H,72,89)(H,73,90)(H,74,83)(H,75,84)(H,77,92)/t36-,37-,39-,41-,42-,43+,44+,54-,55-,56+,57+,63?,64?,65-/m0/s1. The summed E-state index contributed by atoms with van der Waals surface area (Å²) in [4.78, 5) is 148. The minimum absolute atomic E-state index is 0.00475. The maximum Gasteiger partial charge on any atom is 0.343 e.